The summed E-state index contributed by atoms with van der Waals surface area (Å²) in [6, 6.07) is 17.2. The number of rotatable bonds is 4. The molecule has 4 aromatic rings. The number of nitrogens with one attached hydrogen (secondary N) is 2. The van der Waals surface area contributed by atoms with Crippen molar-refractivity contribution in [3.63, 3.8) is 0 Å². The van der Waals surface area contributed by atoms with Gasteiger partial charge in [-0.1, -0.05) is 18.2 Å². The van der Waals surface area contributed by atoms with Crippen LogP contribution >= 0.6 is 0 Å². The van der Waals surface area contributed by atoms with Crippen molar-refractivity contribution < 1.29 is 27.8 Å². The highest BCUT2D eigenvalue weighted by Gasteiger charge is 2.30. The lowest BCUT2D eigenvalue weighted by atomic mass is 10.2. The van der Waals surface area contributed by atoms with E-state index in [0.29, 0.717) is 11.4 Å². The molecular weight excluding hydrogens is 454 g/mol. The number of nitrogens with two attached hydrogens (primary N) is 1. The SMILES string of the molecule is Nc1cccc(C(F)(F)F)c1.Oc1cccc(Nc2ncc(F)c(Nc3cccc(O)c3)n2)c1. The number of hydrogen-bond acceptors (Lipinski definition) is 7. The molecule has 7 nitrogen and oxygen atoms in total. The van der Waals surface area contributed by atoms with Gasteiger partial charge in [0.15, 0.2) is 11.6 Å². The van der Waals surface area contributed by atoms with Crippen LogP contribution < -0.4 is 16.4 Å². The number of aromatic hydroxyl groups is 2. The Morgan fingerprint density at radius 2 is 1.38 bits per heavy atom. The molecule has 0 amide bonds. The molecule has 0 atom stereocenters. The summed E-state index contributed by atoms with van der Waals surface area (Å²) < 4.78 is 49.6. The minimum Gasteiger partial charge on any atom is -0.508 e. The largest absolute Gasteiger partial charge is 0.508 e. The maximum absolute atomic E-state index is 13.8. The molecule has 34 heavy (non-hydrogen) atoms. The summed E-state index contributed by atoms with van der Waals surface area (Å²) in [5, 5.41) is 24.5. The Balaban J connectivity index is 0.000000248. The summed E-state index contributed by atoms with van der Waals surface area (Å²) in [5.41, 5.74) is 5.63. The van der Waals surface area contributed by atoms with Crippen LogP contribution in [0.5, 0.6) is 11.5 Å². The van der Waals surface area contributed by atoms with Gasteiger partial charge >= 0.3 is 6.18 Å². The third kappa shape index (κ3) is 6.99. The Morgan fingerprint density at radius 3 is 1.91 bits per heavy atom. The molecule has 6 N–H and O–H groups in total. The molecule has 11 heteroatoms. The second-order valence-corrected chi connectivity index (χ2v) is 6.86. The molecule has 0 fully saturated rings. The number of benzene rings is 3. The summed E-state index contributed by atoms with van der Waals surface area (Å²) in [6.45, 7) is 0. The molecule has 0 bridgehead atoms. The van der Waals surface area contributed by atoms with Crippen molar-refractivity contribution in [2.24, 2.45) is 0 Å². The van der Waals surface area contributed by atoms with E-state index < -0.39 is 17.6 Å². The lowest BCUT2D eigenvalue weighted by Gasteiger charge is -2.10. The second kappa shape index (κ2) is 10.4. The molecular formula is C23H19F4N5O2. The fourth-order valence-corrected chi connectivity index (χ4v) is 2.66. The second-order valence-electron chi connectivity index (χ2n) is 6.86. The summed E-state index contributed by atoms with van der Waals surface area (Å²) in [7, 11) is 0. The van der Waals surface area contributed by atoms with E-state index in [9.17, 15) is 27.8 Å². The predicted molar refractivity (Wildman–Crippen MR) is 121 cm³/mol. The number of halogens is 4. The van der Waals surface area contributed by atoms with Crippen LogP contribution in [-0.4, -0.2) is 20.2 Å². The van der Waals surface area contributed by atoms with Gasteiger partial charge in [-0.3, -0.25) is 0 Å². The Morgan fingerprint density at radius 1 is 0.794 bits per heavy atom. The molecule has 0 unspecified atom stereocenters. The molecule has 4 rings (SSSR count). The molecule has 1 heterocycles. The maximum atomic E-state index is 13.8. The molecule has 0 aliphatic carbocycles. The van der Waals surface area contributed by atoms with Gasteiger partial charge in [-0.2, -0.15) is 18.2 Å². The molecule has 0 spiro atoms. The van der Waals surface area contributed by atoms with Gasteiger partial charge in [0.25, 0.3) is 0 Å². The van der Waals surface area contributed by atoms with Crippen molar-refractivity contribution >= 4 is 28.8 Å². The fourth-order valence-electron chi connectivity index (χ4n) is 2.66. The maximum Gasteiger partial charge on any atom is 0.416 e. The van der Waals surface area contributed by atoms with Crippen molar-refractivity contribution in [2.45, 2.75) is 6.18 Å². The number of nitrogens with zero attached hydrogens (tertiary/aromatic N) is 2. The van der Waals surface area contributed by atoms with Gasteiger partial charge in [0, 0.05) is 29.2 Å². The Labute approximate surface area is 191 Å². The van der Waals surface area contributed by atoms with Crippen LogP contribution in [0.15, 0.2) is 79.0 Å². The number of phenolic OH excluding ortho intramolecular Hbond substituents is 2. The van der Waals surface area contributed by atoms with Crippen LogP contribution in [0.3, 0.4) is 0 Å². The Kier molecular flexibility index (Phi) is 7.36. The van der Waals surface area contributed by atoms with Gasteiger partial charge in [-0.05, 0) is 42.5 Å². The van der Waals surface area contributed by atoms with Crippen molar-refractivity contribution in [2.75, 3.05) is 16.4 Å². The first-order valence-electron chi connectivity index (χ1n) is 9.67. The lowest BCUT2D eigenvalue weighted by Crippen LogP contribution is -2.04. The van der Waals surface area contributed by atoms with Crippen molar-refractivity contribution in [1.29, 1.82) is 0 Å². The molecule has 1 aromatic heterocycles. The molecule has 0 aliphatic rings. The van der Waals surface area contributed by atoms with E-state index in [-0.39, 0.29) is 29.0 Å². The molecule has 0 radical (unpaired) electrons. The number of hydrogen-bond donors (Lipinski definition) is 5. The summed E-state index contributed by atoms with van der Waals surface area (Å²) in [6.07, 6.45) is -3.27. The number of phenols is 2. The predicted octanol–water partition coefficient (Wildman–Crippen LogP) is 5.80. The van der Waals surface area contributed by atoms with Crippen LogP contribution in [-0.2, 0) is 6.18 Å². The van der Waals surface area contributed by atoms with Crippen LogP contribution in [0.25, 0.3) is 0 Å². The molecule has 176 valence electrons. The zero-order valence-electron chi connectivity index (χ0n) is 17.4. The topological polar surface area (TPSA) is 116 Å². The standard InChI is InChI=1S/C16H13FN4O2.C7H6F3N/c17-14-9-18-16(20-11-4-2-6-13(23)8-11)21-15(14)19-10-3-1-5-12(22)7-10;8-7(9,10)5-2-1-3-6(11)4-5/h1-9,22-23H,(H2,18,19,20,21);1-4H,11H2. The van der Waals surface area contributed by atoms with E-state index in [2.05, 4.69) is 20.6 Å². The summed E-state index contributed by atoms with van der Waals surface area (Å²) in [5.74, 6) is -0.347. The first-order chi connectivity index (χ1) is 16.1. The van der Waals surface area contributed by atoms with E-state index >= 15 is 0 Å². The average molecular weight is 473 g/mol. The van der Waals surface area contributed by atoms with Gasteiger partial charge in [0.2, 0.25) is 5.95 Å². The van der Waals surface area contributed by atoms with Crippen molar-refractivity contribution in [1.82, 2.24) is 9.97 Å². The number of nitrogen functional groups attached to an aromatic ring is 1. The third-order valence-electron chi connectivity index (χ3n) is 4.17. The third-order valence-corrected chi connectivity index (χ3v) is 4.17. The summed E-state index contributed by atoms with van der Waals surface area (Å²) >= 11 is 0. The summed E-state index contributed by atoms with van der Waals surface area (Å²) in [4.78, 5) is 7.91. The Hall–Kier alpha value is -4.54. The van der Waals surface area contributed by atoms with Crippen LogP contribution in [0.2, 0.25) is 0 Å². The minimum atomic E-state index is -4.30. The van der Waals surface area contributed by atoms with Crippen LogP contribution in [0, 0.1) is 5.82 Å². The molecule has 0 saturated heterocycles. The van der Waals surface area contributed by atoms with Crippen molar-refractivity contribution in [3.8, 4) is 11.5 Å². The van der Waals surface area contributed by atoms with Crippen LogP contribution in [0.4, 0.5) is 46.4 Å². The van der Waals surface area contributed by atoms with Gasteiger partial charge in [0.1, 0.15) is 11.5 Å². The van der Waals surface area contributed by atoms with Gasteiger partial charge in [0.05, 0.1) is 11.8 Å². The van der Waals surface area contributed by atoms with E-state index in [4.69, 9.17) is 5.73 Å². The Bertz CT molecular complexity index is 1270. The van der Waals surface area contributed by atoms with E-state index in [1.165, 1.54) is 36.4 Å². The first-order valence-corrected chi connectivity index (χ1v) is 9.67. The van der Waals surface area contributed by atoms with Crippen molar-refractivity contribution in [3.05, 3.63) is 90.4 Å². The zero-order valence-corrected chi connectivity index (χ0v) is 17.4. The average Bonchev–Trinajstić information content (AvgIpc) is 2.76. The van der Waals surface area contributed by atoms with Gasteiger partial charge in [-0.15, -0.1) is 0 Å². The van der Waals surface area contributed by atoms with E-state index in [1.54, 1.807) is 24.3 Å². The van der Waals surface area contributed by atoms with Crippen LogP contribution in [0.1, 0.15) is 5.56 Å². The normalized spacial score (nSPS) is 10.7. The van der Waals surface area contributed by atoms with E-state index in [1.807, 2.05) is 0 Å². The smallest absolute Gasteiger partial charge is 0.416 e. The number of anilines is 5. The number of alkyl halides is 3. The van der Waals surface area contributed by atoms with Gasteiger partial charge in [-0.25, -0.2) is 9.37 Å². The fraction of sp³-hybridized carbons (Fsp3) is 0.0435. The lowest BCUT2D eigenvalue weighted by molar-refractivity contribution is -0.137. The van der Waals surface area contributed by atoms with E-state index in [0.717, 1.165) is 18.3 Å². The first kappa shape index (κ1) is 24.1. The molecule has 0 saturated carbocycles. The zero-order chi connectivity index (χ0) is 24.7. The number of aromatic nitrogens is 2. The monoisotopic (exact) mass is 473 g/mol. The molecule has 0 aliphatic heterocycles. The molecule has 3 aromatic carbocycles. The highest BCUT2D eigenvalue weighted by Crippen LogP contribution is 2.30. The minimum absolute atomic E-state index is 0.0340. The quantitative estimate of drug-likeness (QED) is 0.188. The highest BCUT2D eigenvalue weighted by atomic mass is 19.4. The highest BCUT2D eigenvalue weighted by molar-refractivity contribution is 5.61. The van der Waals surface area contributed by atoms with Gasteiger partial charge < -0.3 is 26.6 Å².